The summed E-state index contributed by atoms with van der Waals surface area (Å²) in [5.74, 6) is 1.20. The van der Waals surface area contributed by atoms with Crippen LogP contribution in [0.3, 0.4) is 0 Å². The molecule has 4 saturated heterocycles. The quantitative estimate of drug-likeness (QED) is 0.805. The highest BCUT2D eigenvalue weighted by Gasteiger charge is 2.69. The monoisotopic (exact) mass is 323 g/mol. The number of rotatable bonds is 2. The summed E-state index contributed by atoms with van der Waals surface area (Å²) in [5.41, 5.74) is 0.643. The van der Waals surface area contributed by atoms with E-state index in [0.29, 0.717) is 11.3 Å². The maximum atomic E-state index is 12.1. The molecule has 8 heteroatoms. The third-order valence-corrected chi connectivity index (χ3v) is 10.4. The third-order valence-electron chi connectivity index (χ3n) is 3.96. The zero-order chi connectivity index (χ0) is 14.6. The first-order valence-electron chi connectivity index (χ1n) is 6.47. The minimum absolute atomic E-state index is 0.00365. The number of nitrogens with zero attached hydrogens (tertiary/aromatic N) is 2. The summed E-state index contributed by atoms with van der Waals surface area (Å²) < 4.78 is -0.00365. The van der Waals surface area contributed by atoms with E-state index in [2.05, 4.69) is 10.4 Å². The van der Waals surface area contributed by atoms with E-state index >= 15 is 0 Å². The fourth-order valence-corrected chi connectivity index (χ4v) is 10.0. The van der Waals surface area contributed by atoms with Crippen LogP contribution in [0.4, 0.5) is 4.79 Å². The number of phenols is 1. The first-order chi connectivity index (χ1) is 10.1. The average Bonchev–Trinajstić information content (AvgIpc) is 3.11. The number of amides is 2. The van der Waals surface area contributed by atoms with E-state index in [-0.39, 0.29) is 27.0 Å². The second-order valence-corrected chi connectivity index (χ2v) is 9.87. The van der Waals surface area contributed by atoms with Crippen molar-refractivity contribution < 1.29 is 14.7 Å². The Kier molecular flexibility index (Phi) is 2.74. The van der Waals surface area contributed by atoms with Gasteiger partial charge in [0, 0.05) is 11.3 Å². The van der Waals surface area contributed by atoms with Gasteiger partial charge in [-0.2, -0.15) is 5.10 Å². The number of phenolic OH excluding ortho intramolecular Hbond substituents is 1. The van der Waals surface area contributed by atoms with Crippen LogP contribution in [0.1, 0.15) is 5.56 Å². The molecular weight excluding hydrogens is 310 g/mol. The van der Waals surface area contributed by atoms with Crippen molar-refractivity contribution in [2.45, 2.75) is 10.1 Å². The molecule has 21 heavy (non-hydrogen) atoms. The zero-order valence-corrected chi connectivity index (χ0v) is 12.6. The van der Waals surface area contributed by atoms with Crippen LogP contribution in [-0.4, -0.2) is 49.1 Å². The molecule has 4 aliphatic rings. The predicted octanol–water partition coefficient (Wildman–Crippen LogP) is 1.45. The van der Waals surface area contributed by atoms with Crippen molar-refractivity contribution in [3.63, 3.8) is 0 Å². The van der Waals surface area contributed by atoms with E-state index in [4.69, 9.17) is 0 Å². The Morgan fingerprint density at radius 3 is 2.86 bits per heavy atom. The minimum atomic E-state index is -1.59. The number of fused-ring (bicyclic) bond motifs is 1. The zero-order valence-electron chi connectivity index (χ0n) is 10.9. The first-order valence-corrected chi connectivity index (χ1v) is 9.45. The molecule has 4 heterocycles. The van der Waals surface area contributed by atoms with Crippen LogP contribution >= 0.6 is 21.8 Å². The van der Waals surface area contributed by atoms with Crippen LogP contribution in [0.5, 0.6) is 5.75 Å². The van der Waals surface area contributed by atoms with Gasteiger partial charge >= 0.3 is 0 Å². The molecular formula is C13H13N3O3S2. The molecule has 4 fully saturated rings. The van der Waals surface area contributed by atoms with Crippen molar-refractivity contribution in [2.24, 2.45) is 5.10 Å². The van der Waals surface area contributed by atoms with E-state index in [0.717, 1.165) is 5.75 Å². The number of thioether (sulfide) groups is 1. The fourth-order valence-electron chi connectivity index (χ4n) is 2.92. The average molecular weight is 323 g/mol. The van der Waals surface area contributed by atoms with E-state index in [1.54, 1.807) is 36.2 Å². The number of imide groups is 1. The second-order valence-electron chi connectivity index (χ2n) is 5.11. The number of nitrogens with one attached hydrogen (secondary N) is 1. The fraction of sp³-hybridized carbons (Fsp3) is 0.308. The number of hydrogen-bond acceptors (Lipinski definition) is 6. The Hall–Kier alpha value is -1.67. The van der Waals surface area contributed by atoms with Gasteiger partial charge in [0.1, 0.15) is 10.5 Å². The summed E-state index contributed by atoms with van der Waals surface area (Å²) in [5, 5.41) is 18.5. The summed E-state index contributed by atoms with van der Waals surface area (Å²) in [4.78, 5) is 23.6. The summed E-state index contributed by atoms with van der Waals surface area (Å²) >= 11 is 1.69. The molecule has 4 aliphatic heterocycles. The Morgan fingerprint density at radius 2 is 2.24 bits per heavy atom. The highest BCUT2D eigenvalue weighted by Crippen LogP contribution is 2.77. The van der Waals surface area contributed by atoms with Crippen molar-refractivity contribution in [2.75, 3.05) is 11.5 Å². The van der Waals surface area contributed by atoms with Crippen LogP contribution in [0.2, 0.25) is 0 Å². The SMILES string of the molecule is O=C1CS2(C(=O)N1)C1CSC2N1/N=C/c1ccccc1O. The number of carbonyl (C=O) groups is 2. The van der Waals surface area contributed by atoms with Crippen LogP contribution in [-0.2, 0) is 4.79 Å². The van der Waals surface area contributed by atoms with Crippen molar-refractivity contribution in [3.05, 3.63) is 29.8 Å². The Morgan fingerprint density at radius 1 is 1.43 bits per heavy atom. The second kappa shape index (κ2) is 4.41. The Labute approximate surface area is 126 Å². The van der Waals surface area contributed by atoms with Gasteiger partial charge in [-0.1, -0.05) is 22.2 Å². The summed E-state index contributed by atoms with van der Waals surface area (Å²) in [6.07, 6.45) is 1.61. The van der Waals surface area contributed by atoms with Crippen molar-refractivity contribution >= 4 is 39.2 Å². The van der Waals surface area contributed by atoms with Crippen LogP contribution in [0.15, 0.2) is 29.4 Å². The van der Waals surface area contributed by atoms with Crippen LogP contribution < -0.4 is 5.32 Å². The molecule has 0 saturated carbocycles. The van der Waals surface area contributed by atoms with Gasteiger partial charge in [-0.25, -0.2) is 0 Å². The number of hydrogen-bond donors (Lipinski definition) is 2. The molecule has 1 aromatic rings. The molecule has 3 unspecified atom stereocenters. The smallest absolute Gasteiger partial charge is 0.273 e. The molecule has 1 aromatic carbocycles. The molecule has 0 radical (unpaired) electrons. The van der Waals surface area contributed by atoms with Crippen molar-refractivity contribution in [1.82, 2.24) is 10.3 Å². The summed E-state index contributed by atoms with van der Waals surface area (Å²) in [6.45, 7) is 0. The van der Waals surface area contributed by atoms with E-state index in [9.17, 15) is 14.7 Å². The van der Waals surface area contributed by atoms with E-state index in [1.807, 2.05) is 11.1 Å². The van der Waals surface area contributed by atoms with Crippen LogP contribution in [0.25, 0.3) is 0 Å². The standard InChI is InChI=1S/C13H13N3O3S2/c17-9-4-2-1-3-8(9)5-14-16-11-6-20-13(16)21(11)7-10(18)15-12(21)19/h1-5,11,13,17H,6-7H2,(H,15,18,19)/b14-5+. The number of carbonyl (C=O) groups excluding carboxylic acids is 2. The largest absolute Gasteiger partial charge is 0.507 e. The number of para-hydroxylation sites is 1. The first kappa shape index (κ1) is 13.0. The molecule has 3 atom stereocenters. The summed E-state index contributed by atoms with van der Waals surface area (Å²) in [6, 6.07) is 6.97. The molecule has 5 rings (SSSR count). The highest BCUT2D eigenvalue weighted by atomic mass is 32.3. The van der Waals surface area contributed by atoms with Gasteiger partial charge in [-0.15, -0.1) is 11.8 Å². The van der Waals surface area contributed by atoms with E-state index in [1.165, 1.54) is 0 Å². The molecule has 2 amide bonds. The number of benzene rings is 1. The van der Waals surface area contributed by atoms with Gasteiger partial charge in [0.25, 0.3) is 5.24 Å². The molecule has 0 aromatic heterocycles. The molecule has 2 bridgehead atoms. The Bertz CT molecular complexity index is 666. The lowest BCUT2D eigenvalue weighted by atomic mass is 10.2. The van der Waals surface area contributed by atoms with E-state index < -0.39 is 10.0 Å². The summed E-state index contributed by atoms with van der Waals surface area (Å²) in [7, 11) is -1.59. The van der Waals surface area contributed by atoms with Crippen LogP contribution in [0, 0.1) is 0 Å². The van der Waals surface area contributed by atoms with Crippen molar-refractivity contribution in [1.29, 1.82) is 0 Å². The normalized spacial score (nSPS) is 36.9. The maximum absolute atomic E-state index is 12.1. The number of aromatic hydroxyl groups is 1. The Balaban J connectivity index is 1.57. The minimum Gasteiger partial charge on any atom is -0.507 e. The molecule has 6 nitrogen and oxygen atoms in total. The molecule has 0 aliphatic carbocycles. The lowest BCUT2D eigenvalue weighted by Gasteiger charge is -2.54. The van der Waals surface area contributed by atoms with Gasteiger partial charge < -0.3 is 5.11 Å². The van der Waals surface area contributed by atoms with Gasteiger partial charge in [0.05, 0.1) is 17.3 Å². The van der Waals surface area contributed by atoms with Gasteiger partial charge in [-0.05, 0) is 12.1 Å². The topological polar surface area (TPSA) is 82.0 Å². The highest BCUT2D eigenvalue weighted by molar-refractivity contribution is 8.53. The molecule has 1 spiro atoms. The lowest BCUT2D eigenvalue weighted by molar-refractivity contribution is -0.117. The predicted molar refractivity (Wildman–Crippen MR) is 83.6 cm³/mol. The van der Waals surface area contributed by atoms with Gasteiger partial charge in [0.2, 0.25) is 5.91 Å². The number of hydrazone groups is 1. The molecule has 2 N–H and O–H groups in total. The third kappa shape index (κ3) is 1.66. The van der Waals surface area contributed by atoms with Gasteiger partial charge in [0.15, 0.2) is 0 Å². The van der Waals surface area contributed by atoms with Crippen molar-refractivity contribution in [3.8, 4) is 5.75 Å². The van der Waals surface area contributed by atoms with Gasteiger partial charge in [-0.3, -0.25) is 19.9 Å². The lowest BCUT2D eigenvalue weighted by Crippen LogP contribution is -2.54. The maximum Gasteiger partial charge on any atom is 0.273 e. The molecule has 110 valence electrons.